The van der Waals surface area contributed by atoms with E-state index in [2.05, 4.69) is 25.1 Å². The van der Waals surface area contributed by atoms with Gasteiger partial charge in [-0.3, -0.25) is 4.79 Å². The molecule has 1 amide bonds. The van der Waals surface area contributed by atoms with Gasteiger partial charge in [-0.25, -0.2) is 4.98 Å². The van der Waals surface area contributed by atoms with Crippen LogP contribution in [0.3, 0.4) is 0 Å². The Kier molecular flexibility index (Phi) is 6.17. The van der Waals surface area contributed by atoms with Crippen molar-refractivity contribution in [2.24, 2.45) is 0 Å². The van der Waals surface area contributed by atoms with Gasteiger partial charge in [0, 0.05) is 35.2 Å². The zero-order valence-corrected chi connectivity index (χ0v) is 19.3. The van der Waals surface area contributed by atoms with Crippen molar-refractivity contribution in [1.82, 2.24) is 19.7 Å². The van der Waals surface area contributed by atoms with Crippen molar-refractivity contribution in [2.75, 3.05) is 5.32 Å². The van der Waals surface area contributed by atoms with Crippen LogP contribution in [0.1, 0.15) is 46.1 Å². The second-order valence-electron chi connectivity index (χ2n) is 8.10. The van der Waals surface area contributed by atoms with Crippen LogP contribution in [0.5, 0.6) is 5.75 Å². The fraction of sp³-hybridized carbons (Fsp3) is 0.280. The molecule has 2 aromatic carbocycles. The maximum atomic E-state index is 12.7. The van der Waals surface area contributed by atoms with E-state index in [1.54, 1.807) is 35.6 Å². The Morgan fingerprint density at radius 2 is 1.88 bits per heavy atom. The van der Waals surface area contributed by atoms with Crippen LogP contribution in [0.2, 0.25) is 0 Å². The zero-order valence-electron chi connectivity index (χ0n) is 18.5. The highest BCUT2D eigenvalue weighted by Crippen LogP contribution is 2.24. The molecular formula is C25H25N5O2S. The second-order valence-corrected chi connectivity index (χ2v) is 9.17. The summed E-state index contributed by atoms with van der Waals surface area (Å²) in [7, 11) is 0. The van der Waals surface area contributed by atoms with E-state index in [1.165, 1.54) is 12.8 Å². The van der Waals surface area contributed by atoms with E-state index < -0.39 is 0 Å². The third kappa shape index (κ3) is 4.96. The highest BCUT2D eigenvalue weighted by molar-refractivity contribution is 7.09. The summed E-state index contributed by atoms with van der Waals surface area (Å²) in [6, 6.07) is 14.9. The minimum atomic E-state index is -0.166. The molecule has 8 heteroatoms. The van der Waals surface area contributed by atoms with Gasteiger partial charge in [-0.15, -0.1) is 21.5 Å². The third-order valence-corrected chi connectivity index (χ3v) is 6.50. The predicted molar refractivity (Wildman–Crippen MR) is 129 cm³/mol. The summed E-state index contributed by atoms with van der Waals surface area (Å²) in [5, 5.41) is 14.7. The molecule has 4 aromatic rings. The Balaban J connectivity index is 1.21. The quantitative estimate of drug-likeness (QED) is 0.425. The number of fused-ring (bicyclic) bond motifs is 1. The zero-order chi connectivity index (χ0) is 22.6. The van der Waals surface area contributed by atoms with Crippen LogP contribution >= 0.6 is 11.3 Å². The molecule has 1 aliphatic rings. The number of benzene rings is 2. The monoisotopic (exact) mass is 459 g/mol. The van der Waals surface area contributed by atoms with E-state index in [9.17, 15) is 4.79 Å². The molecule has 0 aliphatic carbocycles. The van der Waals surface area contributed by atoms with Crippen molar-refractivity contribution >= 4 is 22.9 Å². The number of anilines is 1. The number of aromatic nitrogens is 4. The Labute approximate surface area is 196 Å². The SMILES string of the molecule is Cc1nc(COc2ccc(C(=O)Nc3ccc(-c4nnc5n4CCCCC5)cc3)cc2)cs1. The van der Waals surface area contributed by atoms with Crippen molar-refractivity contribution < 1.29 is 9.53 Å². The molecule has 0 unspecified atom stereocenters. The number of hydrogen-bond donors (Lipinski definition) is 1. The van der Waals surface area contributed by atoms with Gasteiger partial charge in [0.25, 0.3) is 5.91 Å². The Morgan fingerprint density at radius 1 is 1.06 bits per heavy atom. The average Bonchev–Trinajstić information content (AvgIpc) is 3.37. The van der Waals surface area contributed by atoms with Crippen LogP contribution < -0.4 is 10.1 Å². The van der Waals surface area contributed by atoms with E-state index in [4.69, 9.17) is 4.74 Å². The lowest BCUT2D eigenvalue weighted by atomic mass is 10.1. The largest absolute Gasteiger partial charge is 0.487 e. The second kappa shape index (κ2) is 9.54. The number of carbonyl (C=O) groups is 1. The molecule has 0 spiro atoms. The van der Waals surface area contributed by atoms with Crippen molar-refractivity contribution in [3.8, 4) is 17.1 Å². The van der Waals surface area contributed by atoms with E-state index in [-0.39, 0.29) is 5.91 Å². The van der Waals surface area contributed by atoms with Crippen molar-refractivity contribution in [2.45, 2.75) is 45.8 Å². The molecule has 3 heterocycles. The van der Waals surface area contributed by atoms with E-state index in [0.29, 0.717) is 17.9 Å². The first kappa shape index (κ1) is 21.3. The van der Waals surface area contributed by atoms with Gasteiger partial charge in [0.2, 0.25) is 0 Å². The number of carbonyl (C=O) groups excluding carboxylic acids is 1. The number of amides is 1. The van der Waals surface area contributed by atoms with Crippen LogP contribution in [0.25, 0.3) is 11.4 Å². The first-order valence-electron chi connectivity index (χ1n) is 11.1. The van der Waals surface area contributed by atoms with E-state index >= 15 is 0 Å². The fourth-order valence-corrected chi connectivity index (χ4v) is 4.54. The Morgan fingerprint density at radius 3 is 2.64 bits per heavy atom. The standard InChI is InChI=1S/C25H25N5O2S/c1-17-26-21(16-33-17)15-32-22-12-8-19(9-13-22)25(31)27-20-10-6-18(7-11-20)24-29-28-23-5-3-2-4-14-30(23)24/h6-13,16H,2-5,14-15H2,1H3,(H,27,31). The van der Waals surface area contributed by atoms with Crippen LogP contribution in [0.4, 0.5) is 5.69 Å². The van der Waals surface area contributed by atoms with Crippen LogP contribution in [0, 0.1) is 6.92 Å². The topological polar surface area (TPSA) is 81.9 Å². The first-order chi connectivity index (χ1) is 16.2. The minimum Gasteiger partial charge on any atom is -0.487 e. The normalized spacial score (nSPS) is 13.2. The highest BCUT2D eigenvalue weighted by Gasteiger charge is 2.16. The predicted octanol–water partition coefficient (Wildman–Crippen LogP) is 5.27. The lowest BCUT2D eigenvalue weighted by molar-refractivity contribution is 0.102. The molecule has 33 heavy (non-hydrogen) atoms. The maximum absolute atomic E-state index is 12.7. The molecule has 0 radical (unpaired) electrons. The maximum Gasteiger partial charge on any atom is 0.255 e. The lowest BCUT2D eigenvalue weighted by Crippen LogP contribution is -2.11. The van der Waals surface area contributed by atoms with Gasteiger partial charge in [0.05, 0.1) is 10.7 Å². The number of rotatable bonds is 6. The van der Waals surface area contributed by atoms with Crippen molar-refractivity contribution in [3.05, 3.63) is 76.0 Å². The summed E-state index contributed by atoms with van der Waals surface area (Å²) >= 11 is 1.60. The van der Waals surface area contributed by atoms with E-state index in [0.717, 1.165) is 53.0 Å². The molecule has 0 saturated heterocycles. The number of hydrogen-bond acceptors (Lipinski definition) is 6. The molecule has 0 saturated carbocycles. The van der Waals surface area contributed by atoms with Gasteiger partial charge in [0.15, 0.2) is 5.82 Å². The first-order valence-corrected chi connectivity index (χ1v) is 12.0. The summed E-state index contributed by atoms with van der Waals surface area (Å²) in [6.45, 7) is 3.34. The average molecular weight is 460 g/mol. The summed E-state index contributed by atoms with van der Waals surface area (Å²) in [6.07, 6.45) is 4.53. The number of ether oxygens (including phenoxy) is 1. The van der Waals surface area contributed by atoms with Gasteiger partial charge in [-0.2, -0.15) is 0 Å². The summed E-state index contributed by atoms with van der Waals surface area (Å²) in [4.78, 5) is 17.1. The molecule has 0 fully saturated rings. The van der Waals surface area contributed by atoms with E-state index in [1.807, 2.05) is 36.6 Å². The highest BCUT2D eigenvalue weighted by atomic mass is 32.1. The Hall–Kier alpha value is -3.52. The summed E-state index contributed by atoms with van der Waals surface area (Å²) in [5.41, 5.74) is 3.22. The molecule has 7 nitrogen and oxygen atoms in total. The third-order valence-electron chi connectivity index (χ3n) is 5.68. The number of thiazole rings is 1. The fourth-order valence-electron chi connectivity index (χ4n) is 3.94. The molecule has 1 aliphatic heterocycles. The molecular weight excluding hydrogens is 434 g/mol. The summed E-state index contributed by atoms with van der Waals surface area (Å²) in [5.74, 6) is 2.50. The minimum absolute atomic E-state index is 0.166. The smallest absolute Gasteiger partial charge is 0.255 e. The van der Waals surface area contributed by atoms with Crippen LogP contribution in [0.15, 0.2) is 53.9 Å². The van der Waals surface area contributed by atoms with Crippen LogP contribution in [-0.4, -0.2) is 25.7 Å². The molecule has 168 valence electrons. The lowest BCUT2D eigenvalue weighted by Gasteiger charge is -2.09. The molecule has 0 bridgehead atoms. The molecule has 5 rings (SSSR count). The van der Waals surface area contributed by atoms with Gasteiger partial charge in [-0.1, -0.05) is 6.42 Å². The Bertz CT molecular complexity index is 1240. The summed E-state index contributed by atoms with van der Waals surface area (Å²) < 4.78 is 7.98. The van der Waals surface area contributed by atoms with Crippen LogP contribution in [-0.2, 0) is 19.6 Å². The van der Waals surface area contributed by atoms with Crippen molar-refractivity contribution in [1.29, 1.82) is 0 Å². The van der Waals surface area contributed by atoms with Crippen molar-refractivity contribution in [3.63, 3.8) is 0 Å². The van der Waals surface area contributed by atoms with Gasteiger partial charge in [-0.05, 0) is 68.3 Å². The van der Waals surface area contributed by atoms with Gasteiger partial charge >= 0.3 is 0 Å². The number of nitrogens with one attached hydrogen (secondary N) is 1. The number of aryl methyl sites for hydroxylation is 2. The molecule has 1 N–H and O–H groups in total. The number of nitrogens with zero attached hydrogens (tertiary/aromatic N) is 4. The molecule has 0 atom stereocenters. The molecule has 2 aromatic heterocycles. The van der Waals surface area contributed by atoms with Gasteiger partial charge in [0.1, 0.15) is 18.2 Å². The van der Waals surface area contributed by atoms with Gasteiger partial charge < -0.3 is 14.6 Å².